The van der Waals surface area contributed by atoms with Crippen molar-refractivity contribution < 1.29 is 9.90 Å². The maximum absolute atomic E-state index is 10.8. The predicted octanol–water partition coefficient (Wildman–Crippen LogP) is 2.28. The van der Waals surface area contributed by atoms with Gasteiger partial charge in [-0.3, -0.25) is 9.78 Å². The molecule has 2 rings (SSSR count). The zero-order chi connectivity index (χ0) is 13.1. The monoisotopic (exact) mass is 244 g/mol. The largest absolute Gasteiger partial charge is 0.481 e. The van der Waals surface area contributed by atoms with Gasteiger partial charge < -0.3 is 10.4 Å². The van der Waals surface area contributed by atoms with Crippen molar-refractivity contribution in [2.45, 2.75) is 19.4 Å². The topological polar surface area (TPSA) is 62.2 Å². The van der Waals surface area contributed by atoms with Crippen molar-refractivity contribution >= 4 is 16.9 Å². The molecular weight excluding hydrogens is 228 g/mol. The van der Waals surface area contributed by atoms with Gasteiger partial charge in [0.05, 0.1) is 11.9 Å². The minimum Gasteiger partial charge on any atom is -0.481 e. The molecular formula is C14H16N2O2. The lowest BCUT2D eigenvalue weighted by molar-refractivity contribution is -0.137. The van der Waals surface area contributed by atoms with Gasteiger partial charge in [0.25, 0.3) is 0 Å². The molecule has 0 aliphatic carbocycles. The summed E-state index contributed by atoms with van der Waals surface area (Å²) in [6, 6.07) is 9.65. The maximum atomic E-state index is 10.8. The van der Waals surface area contributed by atoms with Crippen LogP contribution in [0.1, 0.15) is 23.7 Å². The molecule has 0 spiro atoms. The molecule has 0 aliphatic heterocycles. The van der Waals surface area contributed by atoms with Gasteiger partial charge in [0.2, 0.25) is 0 Å². The summed E-state index contributed by atoms with van der Waals surface area (Å²) >= 11 is 0. The number of aromatic nitrogens is 1. The number of rotatable bonds is 4. The number of nitrogens with zero attached hydrogens (tertiary/aromatic N) is 1. The molecule has 2 N–H and O–H groups in total. The average molecular weight is 244 g/mol. The number of aliphatic carboxylic acids is 1. The Morgan fingerprint density at radius 1 is 1.39 bits per heavy atom. The third-order valence-electron chi connectivity index (χ3n) is 2.98. The lowest BCUT2D eigenvalue weighted by Gasteiger charge is -2.14. The van der Waals surface area contributed by atoms with E-state index < -0.39 is 5.97 Å². The summed E-state index contributed by atoms with van der Waals surface area (Å²) in [5.74, 6) is -0.809. The second-order valence-electron chi connectivity index (χ2n) is 4.34. The van der Waals surface area contributed by atoms with Crippen LogP contribution in [0, 0.1) is 6.92 Å². The van der Waals surface area contributed by atoms with Crippen molar-refractivity contribution in [1.29, 1.82) is 0 Å². The van der Waals surface area contributed by atoms with Crippen LogP contribution in [0.4, 0.5) is 0 Å². The summed E-state index contributed by atoms with van der Waals surface area (Å²) in [7, 11) is 1.77. The van der Waals surface area contributed by atoms with E-state index in [-0.39, 0.29) is 12.5 Å². The number of pyridine rings is 1. The molecule has 1 heterocycles. The van der Waals surface area contributed by atoms with Gasteiger partial charge in [-0.2, -0.15) is 0 Å². The Balaban J connectivity index is 2.39. The number of benzene rings is 1. The van der Waals surface area contributed by atoms with Gasteiger partial charge in [-0.05, 0) is 37.7 Å². The molecule has 2 aromatic rings. The van der Waals surface area contributed by atoms with Gasteiger partial charge >= 0.3 is 5.97 Å². The van der Waals surface area contributed by atoms with Crippen LogP contribution in [0.2, 0.25) is 0 Å². The minimum atomic E-state index is -0.809. The third kappa shape index (κ3) is 2.65. The fourth-order valence-electron chi connectivity index (χ4n) is 2.02. The van der Waals surface area contributed by atoms with E-state index in [9.17, 15) is 4.79 Å². The van der Waals surface area contributed by atoms with Crippen molar-refractivity contribution in [2.75, 3.05) is 7.05 Å². The van der Waals surface area contributed by atoms with E-state index in [4.69, 9.17) is 5.11 Å². The normalized spacial score (nSPS) is 12.6. The Morgan fingerprint density at radius 2 is 2.17 bits per heavy atom. The molecule has 0 radical (unpaired) electrons. The van der Waals surface area contributed by atoms with E-state index in [1.165, 1.54) is 0 Å². The SMILES string of the molecule is CNC(CC(=O)O)c1ccc2nc(C)ccc2c1. The van der Waals surface area contributed by atoms with Crippen LogP contribution in [0.25, 0.3) is 10.9 Å². The number of nitrogens with one attached hydrogen (secondary N) is 1. The molecule has 1 atom stereocenters. The van der Waals surface area contributed by atoms with Gasteiger partial charge in [0.15, 0.2) is 0 Å². The number of carbonyl (C=O) groups is 1. The molecule has 1 unspecified atom stereocenters. The number of carboxylic acid groups (broad SMARTS) is 1. The Morgan fingerprint density at radius 3 is 2.83 bits per heavy atom. The number of hydrogen-bond donors (Lipinski definition) is 2. The van der Waals surface area contributed by atoms with Gasteiger partial charge in [0.1, 0.15) is 0 Å². The second-order valence-corrected chi connectivity index (χ2v) is 4.34. The average Bonchev–Trinajstić information content (AvgIpc) is 2.35. The molecule has 0 bridgehead atoms. The first kappa shape index (κ1) is 12.5. The van der Waals surface area contributed by atoms with E-state index >= 15 is 0 Å². The zero-order valence-corrected chi connectivity index (χ0v) is 10.5. The lowest BCUT2D eigenvalue weighted by atomic mass is 10.0. The molecule has 0 fully saturated rings. The van der Waals surface area contributed by atoms with Crippen LogP contribution in [0.3, 0.4) is 0 Å². The van der Waals surface area contributed by atoms with Crippen LogP contribution in [-0.4, -0.2) is 23.1 Å². The highest BCUT2D eigenvalue weighted by Crippen LogP contribution is 2.21. The highest BCUT2D eigenvalue weighted by Gasteiger charge is 2.13. The molecule has 1 aromatic heterocycles. The number of hydrogen-bond acceptors (Lipinski definition) is 3. The molecule has 0 aliphatic rings. The van der Waals surface area contributed by atoms with Crippen LogP contribution >= 0.6 is 0 Å². The first-order chi connectivity index (χ1) is 8.60. The van der Waals surface area contributed by atoms with Crippen LogP contribution in [0.15, 0.2) is 30.3 Å². The highest BCUT2D eigenvalue weighted by molar-refractivity contribution is 5.79. The van der Waals surface area contributed by atoms with Crippen molar-refractivity contribution in [2.24, 2.45) is 0 Å². The number of carboxylic acids is 1. The van der Waals surface area contributed by atoms with E-state index in [2.05, 4.69) is 10.3 Å². The van der Waals surface area contributed by atoms with Crippen LogP contribution in [-0.2, 0) is 4.79 Å². The summed E-state index contributed by atoms with van der Waals surface area (Å²) < 4.78 is 0. The fourth-order valence-corrected chi connectivity index (χ4v) is 2.02. The molecule has 94 valence electrons. The number of aryl methyl sites for hydroxylation is 1. The maximum Gasteiger partial charge on any atom is 0.305 e. The minimum absolute atomic E-state index is 0.0707. The summed E-state index contributed by atoms with van der Waals surface area (Å²) in [4.78, 5) is 15.2. The van der Waals surface area contributed by atoms with E-state index in [0.29, 0.717) is 0 Å². The van der Waals surface area contributed by atoms with Crippen LogP contribution in [0.5, 0.6) is 0 Å². The van der Waals surface area contributed by atoms with Gasteiger partial charge in [-0.25, -0.2) is 0 Å². The van der Waals surface area contributed by atoms with Crippen LogP contribution < -0.4 is 5.32 Å². The second kappa shape index (κ2) is 5.14. The Labute approximate surface area is 106 Å². The highest BCUT2D eigenvalue weighted by atomic mass is 16.4. The van der Waals surface area contributed by atoms with E-state index in [1.807, 2.05) is 37.3 Å². The first-order valence-electron chi connectivity index (χ1n) is 5.86. The fraction of sp³-hybridized carbons (Fsp3) is 0.286. The molecule has 0 amide bonds. The number of fused-ring (bicyclic) bond motifs is 1. The van der Waals surface area contributed by atoms with E-state index in [0.717, 1.165) is 22.2 Å². The molecule has 1 aromatic carbocycles. The Hall–Kier alpha value is -1.94. The van der Waals surface area contributed by atoms with Crippen molar-refractivity contribution in [1.82, 2.24) is 10.3 Å². The van der Waals surface area contributed by atoms with Crippen molar-refractivity contribution in [3.05, 3.63) is 41.6 Å². The standard InChI is InChI=1S/C14H16N2O2/c1-9-3-4-10-7-11(5-6-12(10)16-9)13(15-2)8-14(17)18/h3-7,13,15H,8H2,1-2H3,(H,17,18). The molecule has 4 nitrogen and oxygen atoms in total. The summed E-state index contributed by atoms with van der Waals surface area (Å²) in [6.45, 7) is 1.95. The lowest BCUT2D eigenvalue weighted by Crippen LogP contribution is -2.19. The molecule has 0 saturated heterocycles. The molecule has 18 heavy (non-hydrogen) atoms. The van der Waals surface area contributed by atoms with Gasteiger partial charge in [-0.1, -0.05) is 12.1 Å². The third-order valence-corrected chi connectivity index (χ3v) is 2.98. The summed E-state index contributed by atoms with van der Waals surface area (Å²) in [6.07, 6.45) is 0.0707. The first-order valence-corrected chi connectivity index (χ1v) is 5.86. The summed E-state index contributed by atoms with van der Waals surface area (Å²) in [5, 5.41) is 12.9. The van der Waals surface area contributed by atoms with Crippen molar-refractivity contribution in [3.8, 4) is 0 Å². The smallest absolute Gasteiger partial charge is 0.305 e. The predicted molar refractivity (Wildman–Crippen MR) is 70.5 cm³/mol. The Kier molecular flexibility index (Phi) is 3.58. The van der Waals surface area contributed by atoms with E-state index in [1.54, 1.807) is 7.05 Å². The Bertz CT molecular complexity index is 581. The quantitative estimate of drug-likeness (QED) is 0.866. The molecule has 4 heteroatoms. The van der Waals surface area contributed by atoms with Gasteiger partial charge in [-0.15, -0.1) is 0 Å². The van der Waals surface area contributed by atoms with Crippen molar-refractivity contribution in [3.63, 3.8) is 0 Å². The zero-order valence-electron chi connectivity index (χ0n) is 10.5. The molecule has 0 saturated carbocycles. The van der Waals surface area contributed by atoms with Gasteiger partial charge in [0, 0.05) is 17.1 Å². The summed E-state index contributed by atoms with van der Waals surface area (Å²) in [5.41, 5.74) is 2.88.